The van der Waals surface area contributed by atoms with Gasteiger partial charge in [-0.2, -0.15) is 4.31 Å². The highest BCUT2D eigenvalue weighted by atomic mass is 32.2. The van der Waals surface area contributed by atoms with Crippen molar-refractivity contribution in [3.8, 4) is 11.5 Å². The van der Waals surface area contributed by atoms with Crippen LogP contribution in [-0.4, -0.2) is 30.7 Å². The summed E-state index contributed by atoms with van der Waals surface area (Å²) in [4.78, 5) is 10.8. The van der Waals surface area contributed by atoms with Gasteiger partial charge in [0.2, 0.25) is 15.8 Å². The summed E-state index contributed by atoms with van der Waals surface area (Å²) in [5.74, 6) is 0.487. The number of rotatable bonds is 5. The molecule has 0 unspecified atom stereocenters. The molecule has 0 radical (unpaired) electrons. The lowest BCUT2D eigenvalue weighted by atomic mass is 10.1. The van der Waals surface area contributed by atoms with Gasteiger partial charge < -0.3 is 4.74 Å². The summed E-state index contributed by atoms with van der Waals surface area (Å²) < 4.78 is 32.3. The van der Waals surface area contributed by atoms with Crippen LogP contribution in [0, 0.1) is 24.0 Å². The van der Waals surface area contributed by atoms with Crippen LogP contribution in [0.4, 0.5) is 5.69 Å². The molecule has 2 aromatic carbocycles. The minimum absolute atomic E-state index is 0.0142. The van der Waals surface area contributed by atoms with Gasteiger partial charge in [0.05, 0.1) is 9.82 Å². The second kappa shape index (κ2) is 7.05. The van der Waals surface area contributed by atoms with Crippen LogP contribution in [0.2, 0.25) is 0 Å². The number of hydrogen-bond acceptors (Lipinski definition) is 5. The molecule has 138 valence electrons. The van der Waals surface area contributed by atoms with E-state index in [1.54, 1.807) is 12.1 Å². The third kappa shape index (κ3) is 3.71. The fraction of sp³-hybridized carbons (Fsp3) is 0.333. The van der Waals surface area contributed by atoms with Gasteiger partial charge in [-0.25, -0.2) is 8.42 Å². The van der Waals surface area contributed by atoms with Crippen molar-refractivity contribution in [3.63, 3.8) is 0 Å². The second-order valence-electron chi connectivity index (χ2n) is 6.42. The molecule has 1 aliphatic heterocycles. The average molecular weight is 376 g/mol. The van der Waals surface area contributed by atoms with Crippen molar-refractivity contribution in [3.05, 3.63) is 57.6 Å². The molecule has 2 aromatic rings. The van der Waals surface area contributed by atoms with E-state index in [0.717, 1.165) is 30.0 Å². The maximum Gasteiger partial charge on any atom is 0.312 e. The van der Waals surface area contributed by atoms with Crippen LogP contribution in [0.3, 0.4) is 0 Å². The second-order valence-corrected chi connectivity index (χ2v) is 8.36. The molecule has 0 spiro atoms. The van der Waals surface area contributed by atoms with E-state index in [0.29, 0.717) is 18.8 Å². The molecule has 0 atom stereocenters. The molecule has 0 aromatic heterocycles. The summed E-state index contributed by atoms with van der Waals surface area (Å²) in [6.07, 6.45) is 1.60. The van der Waals surface area contributed by atoms with Crippen LogP contribution >= 0.6 is 0 Å². The van der Waals surface area contributed by atoms with Gasteiger partial charge in [-0.05, 0) is 62.1 Å². The molecule has 26 heavy (non-hydrogen) atoms. The van der Waals surface area contributed by atoms with Gasteiger partial charge in [0.1, 0.15) is 5.75 Å². The Labute approximate surface area is 152 Å². The first kappa shape index (κ1) is 18.3. The Balaban J connectivity index is 1.98. The predicted molar refractivity (Wildman–Crippen MR) is 97.1 cm³/mol. The number of ether oxygens (including phenoxy) is 1. The molecule has 0 N–H and O–H groups in total. The topological polar surface area (TPSA) is 89.8 Å². The van der Waals surface area contributed by atoms with Gasteiger partial charge >= 0.3 is 5.69 Å². The van der Waals surface area contributed by atoms with Crippen LogP contribution in [-0.2, 0) is 10.0 Å². The Bertz CT molecular complexity index is 930. The summed E-state index contributed by atoms with van der Waals surface area (Å²) in [6, 6.07) is 9.28. The summed E-state index contributed by atoms with van der Waals surface area (Å²) in [6.45, 7) is 4.69. The minimum atomic E-state index is -3.72. The van der Waals surface area contributed by atoms with Gasteiger partial charge in [-0.1, -0.05) is 6.07 Å². The first-order valence-electron chi connectivity index (χ1n) is 8.32. The van der Waals surface area contributed by atoms with Crippen LogP contribution in [0.1, 0.15) is 24.0 Å². The molecule has 7 nitrogen and oxygen atoms in total. The molecule has 8 heteroatoms. The number of nitrogens with zero attached hydrogens (tertiary/aromatic N) is 2. The van der Waals surface area contributed by atoms with E-state index >= 15 is 0 Å². The van der Waals surface area contributed by atoms with Gasteiger partial charge in [-0.3, -0.25) is 10.1 Å². The number of aryl methyl sites for hydroxylation is 2. The van der Waals surface area contributed by atoms with Gasteiger partial charge in [0.15, 0.2) is 0 Å². The van der Waals surface area contributed by atoms with Gasteiger partial charge in [0.25, 0.3) is 0 Å². The summed E-state index contributed by atoms with van der Waals surface area (Å²) in [5.41, 5.74) is 1.57. The van der Waals surface area contributed by atoms with E-state index in [9.17, 15) is 18.5 Å². The molecule has 1 heterocycles. The van der Waals surface area contributed by atoms with E-state index in [4.69, 9.17) is 4.74 Å². The molecule has 0 saturated carbocycles. The van der Waals surface area contributed by atoms with E-state index in [1.165, 1.54) is 16.4 Å². The van der Waals surface area contributed by atoms with Crippen molar-refractivity contribution < 1.29 is 18.1 Å². The number of nitro groups is 1. The smallest absolute Gasteiger partial charge is 0.312 e. The number of sulfonamides is 1. The molecular formula is C18H20N2O5S. The Morgan fingerprint density at radius 2 is 1.65 bits per heavy atom. The zero-order chi connectivity index (χ0) is 18.9. The van der Waals surface area contributed by atoms with E-state index in [-0.39, 0.29) is 16.3 Å². The van der Waals surface area contributed by atoms with Crippen molar-refractivity contribution >= 4 is 15.7 Å². The summed E-state index contributed by atoms with van der Waals surface area (Å²) in [7, 11) is -3.72. The molecule has 3 rings (SSSR count). The molecular weight excluding hydrogens is 356 g/mol. The van der Waals surface area contributed by atoms with Crippen LogP contribution in [0.5, 0.6) is 11.5 Å². The van der Waals surface area contributed by atoms with E-state index in [1.807, 2.05) is 19.9 Å². The zero-order valence-electron chi connectivity index (χ0n) is 14.6. The average Bonchev–Trinajstić information content (AvgIpc) is 3.09. The Morgan fingerprint density at radius 3 is 2.23 bits per heavy atom. The Kier molecular flexibility index (Phi) is 4.97. The lowest BCUT2D eigenvalue weighted by Crippen LogP contribution is -2.27. The van der Waals surface area contributed by atoms with Gasteiger partial charge in [0, 0.05) is 19.2 Å². The summed E-state index contributed by atoms with van der Waals surface area (Å²) in [5, 5.41) is 11.5. The van der Waals surface area contributed by atoms with Crippen molar-refractivity contribution in [2.75, 3.05) is 13.1 Å². The normalized spacial score (nSPS) is 15.2. The standard InChI is InChI=1S/C18H20N2O5S/c1-13-9-14(2)11-15(10-13)25-18-6-5-16(12-17(18)20(21)22)26(23,24)19-7-3-4-8-19/h5-6,9-12H,3-4,7-8H2,1-2H3. The highest BCUT2D eigenvalue weighted by Gasteiger charge is 2.30. The third-order valence-corrected chi connectivity index (χ3v) is 6.15. The number of benzene rings is 2. The SMILES string of the molecule is Cc1cc(C)cc(Oc2ccc(S(=O)(=O)N3CCCC3)cc2[N+](=O)[O-])c1. The van der Waals surface area contributed by atoms with Gasteiger partial charge in [-0.15, -0.1) is 0 Å². The van der Waals surface area contributed by atoms with Crippen molar-refractivity contribution in [1.29, 1.82) is 0 Å². The highest BCUT2D eigenvalue weighted by Crippen LogP contribution is 2.35. The lowest BCUT2D eigenvalue weighted by Gasteiger charge is -2.16. The van der Waals surface area contributed by atoms with Crippen LogP contribution < -0.4 is 4.74 Å². The van der Waals surface area contributed by atoms with Crippen LogP contribution in [0.15, 0.2) is 41.3 Å². The first-order valence-corrected chi connectivity index (χ1v) is 9.76. The maximum absolute atomic E-state index is 12.6. The predicted octanol–water partition coefficient (Wildman–Crippen LogP) is 3.79. The number of hydrogen-bond donors (Lipinski definition) is 0. The van der Waals surface area contributed by atoms with Crippen LogP contribution in [0.25, 0.3) is 0 Å². The fourth-order valence-electron chi connectivity index (χ4n) is 3.08. The molecule has 1 aliphatic rings. The minimum Gasteiger partial charge on any atom is -0.450 e. The molecule has 1 fully saturated rings. The molecule has 0 aliphatic carbocycles. The molecule has 0 bridgehead atoms. The lowest BCUT2D eigenvalue weighted by molar-refractivity contribution is -0.385. The van der Waals surface area contributed by atoms with Crippen molar-refractivity contribution in [2.45, 2.75) is 31.6 Å². The number of nitro benzene ring substituents is 1. The van der Waals surface area contributed by atoms with Crippen molar-refractivity contribution in [1.82, 2.24) is 4.31 Å². The monoisotopic (exact) mass is 376 g/mol. The molecule has 1 saturated heterocycles. The largest absolute Gasteiger partial charge is 0.450 e. The maximum atomic E-state index is 12.6. The Hall–Kier alpha value is -2.45. The zero-order valence-corrected chi connectivity index (χ0v) is 15.5. The quantitative estimate of drug-likeness (QED) is 0.585. The van der Waals surface area contributed by atoms with E-state index in [2.05, 4.69) is 0 Å². The molecule has 0 amide bonds. The summed E-state index contributed by atoms with van der Waals surface area (Å²) >= 11 is 0. The van der Waals surface area contributed by atoms with E-state index < -0.39 is 14.9 Å². The first-order chi connectivity index (χ1) is 12.3. The van der Waals surface area contributed by atoms with Crippen molar-refractivity contribution in [2.24, 2.45) is 0 Å². The fourth-order valence-corrected chi connectivity index (χ4v) is 4.62. The highest BCUT2D eigenvalue weighted by molar-refractivity contribution is 7.89. The third-order valence-electron chi connectivity index (χ3n) is 4.25. The Morgan fingerprint density at radius 1 is 1.04 bits per heavy atom.